The fraction of sp³-hybridized carbons (Fsp3) is 0.625. The van der Waals surface area contributed by atoms with Gasteiger partial charge in [0.2, 0.25) is 5.95 Å². The van der Waals surface area contributed by atoms with Crippen molar-refractivity contribution in [2.75, 3.05) is 24.0 Å². The summed E-state index contributed by atoms with van der Waals surface area (Å²) in [5, 5.41) is 15.0. The molecular weight excluding hydrogens is 385 g/mol. The summed E-state index contributed by atoms with van der Waals surface area (Å²) in [4.78, 5) is 23.7. The Hall–Kier alpha value is -2.23. The third-order valence-electron chi connectivity index (χ3n) is 4.47. The Labute approximate surface area is 162 Å². The van der Waals surface area contributed by atoms with E-state index in [9.17, 15) is 9.36 Å². The van der Waals surface area contributed by atoms with Crippen LogP contribution in [0.25, 0.3) is 11.2 Å². The van der Waals surface area contributed by atoms with Gasteiger partial charge in [-0.1, -0.05) is 0 Å². The van der Waals surface area contributed by atoms with Crippen molar-refractivity contribution in [2.24, 2.45) is 0 Å². The number of hydrogen-bond donors (Lipinski definition) is 4. The molecular formula is C16H26N7O4P. The molecule has 3 atom stereocenters. The van der Waals surface area contributed by atoms with Crippen molar-refractivity contribution in [3.63, 3.8) is 0 Å². The largest absolute Gasteiger partial charge is 0.480 e. The highest BCUT2D eigenvalue weighted by molar-refractivity contribution is 7.45. The quantitative estimate of drug-likeness (QED) is 0.310. The van der Waals surface area contributed by atoms with Gasteiger partial charge in [0.05, 0.1) is 25.1 Å². The lowest BCUT2D eigenvalue weighted by Crippen LogP contribution is -2.38. The lowest BCUT2D eigenvalue weighted by Gasteiger charge is -2.17. The molecule has 11 nitrogen and oxygen atoms in total. The monoisotopic (exact) mass is 411 g/mol. The zero-order chi connectivity index (χ0) is 20.3. The summed E-state index contributed by atoms with van der Waals surface area (Å²) < 4.78 is 19.6. The van der Waals surface area contributed by atoms with Crippen molar-refractivity contribution >= 4 is 36.7 Å². The topological polar surface area (TPSA) is 157 Å². The maximum Gasteiger partial charge on any atom is 0.320 e. The molecule has 154 valence electrons. The van der Waals surface area contributed by atoms with Crippen molar-refractivity contribution in [1.29, 1.82) is 0 Å². The van der Waals surface area contributed by atoms with E-state index in [0.29, 0.717) is 36.2 Å². The minimum Gasteiger partial charge on any atom is -0.480 e. The molecule has 2 aromatic rings. The number of anilines is 2. The summed E-state index contributed by atoms with van der Waals surface area (Å²) in [5.74, 6) is -0.585. The molecule has 1 saturated carbocycles. The van der Waals surface area contributed by atoms with E-state index in [0.717, 1.165) is 12.8 Å². The zero-order valence-corrected chi connectivity index (χ0v) is 16.9. The van der Waals surface area contributed by atoms with Crippen LogP contribution in [0.4, 0.5) is 11.8 Å². The number of carboxylic acid groups (broad SMARTS) is 1. The number of fused-ring (bicyclic) bond motifs is 1. The number of ether oxygens (including phenoxy) is 1. The normalized spacial score (nSPS) is 17.4. The summed E-state index contributed by atoms with van der Waals surface area (Å²) in [6.07, 6.45) is 3.95. The second-order valence-electron chi connectivity index (χ2n) is 6.93. The third-order valence-corrected chi connectivity index (χ3v) is 6.09. The summed E-state index contributed by atoms with van der Waals surface area (Å²) in [6.45, 7) is 4.00. The van der Waals surface area contributed by atoms with Crippen molar-refractivity contribution in [3.8, 4) is 0 Å². The van der Waals surface area contributed by atoms with Crippen molar-refractivity contribution in [2.45, 2.75) is 51.1 Å². The minimum absolute atomic E-state index is 0.0728. The molecule has 1 fully saturated rings. The molecule has 0 radical (unpaired) electrons. The number of rotatable bonds is 11. The van der Waals surface area contributed by atoms with Gasteiger partial charge in [0, 0.05) is 12.6 Å². The number of nitrogens with two attached hydrogens (primary N) is 1. The van der Waals surface area contributed by atoms with E-state index in [-0.39, 0.29) is 12.3 Å². The van der Waals surface area contributed by atoms with Gasteiger partial charge in [0.25, 0.3) is 0 Å². The minimum atomic E-state index is -2.12. The molecule has 2 aromatic heterocycles. The van der Waals surface area contributed by atoms with Crippen LogP contribution in [-0.2, 0) is 20.6 Å². The van der Waals surface area contributed by atoms with Gasteiger partial charge in [-0.05, 0) is 26.7 Å². The fourth-order valence-corrected chi connectivity index (χ4v) is 3.68. The highest BCUT2D eigenvalue weighted by Crippen LogP contribution is 2.28. The van der Waals surface area contributed by atoms with Crippen LogP contribution in [0, 0.1) is 0 Å². The zero-order valence-electron chi connectivity index (χ0n) is 15.9. The van der Waals surface area contributed by atoms with Gasteiger partial charge in [0.1, 0.15) is 13.8 Å². The third kappa shape index (κ3) is 5.18. The smallest absolute Gasteiger partial charge is 0.320 e. The van der Waals surface area contributed by atoms with E-state index in [1.165, 1.54) is 6.92 Å². The van der Waals surface area contributed by atoms with E-state index < -0.39 is 25.6 Å². The SMILES string of the molecule is CC(N[C@@H](C)C(=O)O)[PH](=O)COCCn1cnc2c(NC3CC3)nc(N)nc21. The molecule has 1 aliphatic carbocycles. The predicted molar refractivity (Wildman–Crippen MR) is 106 cm³/mol. The highest BCUT2D eigenvalue weighted by Gasteiger charge is 2.24. The molecule has 0 bridgehead atoms. The molecule has 0 spiro atoms. The van der Waals surface area contributed by atoms with Gasteiger partial charge in [0.15, 0.2) is 17.0 Å². The van der Waals surface area contributed by atoms with Crippen LogP contribution in [0.3, 0.4) is 0 Å². The van der Waals surface area contributed by atoms with Crippen LogP contribution < -0.4 is 16.4 Å². The van der Waals surface area contributed by atoms with Crippen LogP contribution in [-0.4, -0.2) is 61.4 Å². The number of imidazole rings is 1. The molecule has 28 heavy (non-hydrogen) atoms. The number of aromatic nitrogens is 4. The van der Waals surface area contributed by atoms with Gasteiger partial charge in [-0.15, -0.1) is 0 Å². The molecule has 1 aliphatic rings. The fourth-order valence-electron chi connectivity index (χ4n) is 2.65. The highest BCUT2D eigenvalue weighted by atomic mass is 31.1. The number of aliphatic carboxylic acids is 1. The molecule has 0 saturated heterocycles. The first kappa shape index (κ1) is 20.5. The van der Waals surface area contributed by atoms with E-state index >= 15 is 0 Å². The Kier molecular flexibility index (Phi) is 6.48. The van der Waals surface area contributed by atoms with Crippen LogP contribution in [0.1, 0.15) is 26.7 Å². The Bertz CT molecular complexity index is 870. The Morgan fingerprint density at radius 1 is 1.46 bits per heavy atom. The molecule has 12 heteroatoms. The van der Waals surface area contributed by atoms with E-state index in [4.69, 9.17) is 15.6 Å². The Balaban J connectivity index is 1.52. The molecule has 2 unspecified atom stereocenters. The second-order valence-corrected chi connectivity index (χ2v) is 9.01. The van der Waals surface area contributed by atoms with Crippen molar-refractivity contribution in [3.05, 3.63) is 6.33 Å². The van der Waals surface area contributed by atoms with Gasteiger partial charge < -0.3 is 30.0 Å². The molecule has 3 rings (SSSR count). The summed E-state index contributed by atoms with van der Waals surface area (Å²) in [5.41, 5.74) is 7.10. The van der Waals surface area contributed by atoms with Crippen LogP contribution in [0.15, 0.2) is 6.33 Å². The van der Waals surface area contributed by atoms with E-state index in [2.05, 4.69) is 25.6 Å². The average molecular weight is 411 g/mol. The van der Waals surface area contributed by atoms with Crippen molar-refractivity contribution < 1.29 is 19.2 Å². The first-order valence-electron chi connectivity index (χ1n) is 9.19. The number of carbonyl (C=O) groups is 1. The number of nitrogens with zero attached hydrogens (tertiary/aromatic N) is 4. The van der Waals surface area contributed by atoms with Crippen LogP contribution in [0.2, 0.25) is 0 Å². The van der Waals surface area contributed by atoms with Crippen LogP contribution in [0.5, 0.6) is 0 Å². The van der Waals surface area contributed by atoms with E-state index in [1.54, 1.807) is 13.3 Å². The molecule has 0 aliphatic heterocycles. The van der Waals surface area contributed by atoms with Gasteiger partial charge >= 0.3 is 5.97 Å². The van der Waals surface area contributed by atoms with E-state index in [1.807, 2.05) is 4.57 Å². The summed E-state index contributed by atoms with van der Waals surface area (Å²) in [7, 11) is -2.12. The van der Waals surface area contributed by atoms with Gasteiger partial charge in [-0.25, -0.2) is 4.98 Å². The number of nitrogens with one attached hydrogen (secondary N) is 2. The maximum absolute atomic E-state index is 12.2. The maximum atomic E-state index is 12.2. The lowest BCUT2D eigenvalue weighted by molar-refractivity contribution is -0.139. The number of nitrogen functional groups attached to an aromatic ring is 1. The summed E-state index contributed by atoms with van der Waals surface area (Å²) >= 11 is 0. The molecule has 0 aromatic carbocycles. The number of carboxylic acids is 1. The first-order chi connectivity index (χ1) is 13.3. The second kappa shape index (κ2) is 8.85. The van der Waals surface area contributed by atoms with Gasteiger partial charge in [-0.2, -0.15) is 9.97 Å². The molecule has 0 amide bonds. The lowest BCUT2D eigenvalue weighted by atomic mass is 10.3. The predicted octanol–water partition coefficient (Wildman–Crippen LogP) is 0.925. The average Bonchev–Trinajstić information content (AvgIpc) is 3.36. The Morgan fingerprint density at radius 2 is 2.21 bits per heavy atom. The number of hydrogen-bond acceptors (Lipinski definition) is 9. The summed E-state index contributed by atoms with van der Waals surface area (Å²) in [6, 6.07) is -0.340. The standard InChI is InChI=1S/C16H26N7O4P/c1-9(15(24)25)19-10(2)28(26)8-27-6-5-23-7-18-12-13(20-11-3-4-11)21-16(17)22-14(12)23/h7,9-11,19,28H,3-6,8H2,1-2H3,(H,24,25)(H3,17,20,21,22)/t9-,10?/m0/s1. The first-order valence-corrected chi connectivity index (χ1v) is 10.9. The molecule has 2 heterocycles. The van der Waals surface area contributed by atoms with Crippen LogP contribution >= 0.6 is 7.80 Å². The van der Waals surface area contributed by atoms with Crippen molar-refractivity contribution in [1.82, 2.24) is 24.8 Å². The Morgan fingerprint density at radius 3 is 2.89 bits per heavy atom. The molecule has 5 N–H and O–H groups in total. The van der Waals surface area contributed by atoms with Gasteiger partial charge in [-0.3, -0.25) is 10.1 Å².